The molecule has 0 fully saturated rings. The number of thiazole rings is 1. The van der Waals surface area contributed by atoms with Gasteiger partial charge in [-0.05, 0) is 13.0 Å². The van der Waals surface area contributed by atoms with Gasteiger partial charge in [0.1, 0.15) is 9.93 Å². The average Bonchev–Trinajstić information content (AvgIpc) is 3.21. The highest BCUT2D eigenvalue weighted by Crippen LogP contribution is 2.27. The van der Waals surface area contributed by atoms with Gasteiger partial charge in [-0.1, -0.05) is 30.3 Å². The Hall–Kier alpha value is -3.00. The molecule has 3 rings (SSSR count). The molecule has 0 spiro atoms. The second-order valence-corrected chi connectivity index (χ2v) is 6.05. The molecule has 0 saturated heterocycles. The summed E-state index contributed by atoms with van der Waals surface area (Å²) in [5, 5.41) is 14.1. The van der Waals surface area contributed by atoms with Crippen LogP contribution in [0, 0.1) is 17.0 Å². The van der Waals surface area contributed by atoms with Crippen molar-refractivity contribution in [3.05, 3.63) is 68.9 Å². The second kappa shape index (κ2) is 6.63. The van der Waals surface area contributed by atoms with Crippen LogP contribution in [-0.2, 0) is 6.54 Å². The van der Waals surface area contributed by atoms with Crippen molar-refractivity contribution in [3.63, 3.8) is 0 Å². The Balaban J connectivity index is 1.69. The summed E-state index contributed by atoms with van der Waals surface area (Å²) in [5.41, 5.74) is 1.86. The highest BCUT2D eigenvalue weighted by atomic mass is 32.1. The Kier molecular flexibility index (Phi) is 4.39. The molecule has 8 heteroatoms. The minimum absolute atomic E-state index is 0.0906. The van der Waals surface area contributed by atoms with Crippen molar-refractivity contribution >= 4 is 23.1 Å². The van der Waals surface area contributed by atoms with Gasteiger partial charge in [-0.3, -0.25) is 14.9 Å². The van der Waals surface area contributed by atoms with Gasteiger partial charge in [0.2, 0.25) is 0 Å². The number of hydrogen-bond donors (Lipinski definition) is 1. The first-order chi connectivity index (χ1) is 11.5. The minimum Gasteiger partial charge on any atom is -0.395 e. The Morgan fingerprint density at radius 2 is 2.04 bits per heavy atom. The smallest absolute Gasteiger partial charge is 0.395 e. The lowest BCUT2D eigenvalue weighted by Crippen LogP contribution is -2.22. The highest BCUT2D eigenvalue weighted by Gasteiger charge is 2.18. The molecule has 0 unspecified atom stereocenters. The van der Waals surface area contributed by atoms with Crippen molar-refractivity contribution in [1.82, 2.24) is 10.3 Å². The van der Waals surface area contributed by atoms with Gasteiger partial charge in [0.05, 0.1) is 18.3 Å². The van der Waals surface area contributed by atoms with Crippen molar-refractivity contribution in [2.24, 2.45) is 0 Å². The maximum atomic E-state index is 12.0. The third kappa shape index (κ3) is 3.33. The number of aromatic nitrogens is 1. The fourth-order valence-corrected chi connectivity index (χ4v) is 3.10. The van der Waals surface area contributed by atoms with Crippen molar-refractivity contribution in [3.8, 4) is 10.6 Å². The Morgan fingerprint density at radius 3 is 2.71 bits per heavy atom. The van der Waals surface area contributed by atoms with Gasteiger partial charge in [0, 0.05) is 10.4 Å². The topological polar surface area (TPSA) is 98.3 Å². The molecule has 1 amide bonds. The van der Waals surface area contributed by atoms with Crippen LogP contribution in [0.4, 0.5) is 5.88 Å². The molecule has 2 aromatic heterocycles. The number of nitrogens with one attached hydrogen (secondary N) is 1. The fourth-order valence-electron chi connectivity index (χ4n) is 2.09. The van der Waals surface area contributed by atoms with Crippen LogP contribution in [0.25, 0.3) is 10.6 Å². The van der Waals surface area contributed by atoms with Crippen molar-refractivity contribution in [1.29, 1.82) is 0 Å². The lowest BCUT2D eigenvalue weighted by molar-refractivity contribution is -0.402. The normalized spacial score (nSPS) is 10.5. The molecule has 1 N–H and O–H groups in total. The van der Waals surface area contributed by atoms with Crippen molar-refractivity contribution in [2.45, 2.75) is 13.5 Å². The number of hydrogen-bond acceptors (Lipinski definition) is 6. The van der Waals surface area contributed by atoms with E-state index in [0.717, 1.165) is 27.2 Å². The van der Waals surface area contributed by atoms with Gasteiger partial charge in [0.25, 0.3) is 5.91 Å². The molecule has 0 aliphatic rings. The van der Waals surface area contributed by atoms with E-state index in [4.69, 9.17) is 4.42 Å². The number of furan rings is 1. The fraction of sp³-hybridized carbons (Fsp3) is 0.125. The zero-order valence-electron chi connectivity index (χ0n) is 12.7. The van der Waals surface area contributed by atoms with Gasteiger partial charge >= 0.3 is 5.88 Å². The van der Waals surface area contributed by atoms with Crippen LogP contribution < -0.4 is 5.32 Å². The predicted molar refractivity (Wildman–Crippen MR) is 88.8 cm³/mol. The maximum absolute atomic E-state index is 12.0. The molecule has 3 aromatic rings. The van der Waals surface area contributed by atoms with E-state index >= 15 is 0 Å². The van der Waals surface area contributed by atoms with E-state index < -0.39 is 16.7 Å². The molecule has 0 saturated carbocycles. The second-order valence-electron chi connectivity index (χ2n) is 4.97. The number of nitro groups is 1. The molecule has 0 atom stereocenters. The number of aryl methyl sites for hydroxylation is 1. The van der Waals surface area contributed by atoms with Crippen LogP contribution in [-0.4, -0.2) is 15.8 Å². The summed E-state index contributed by atoms with van der Waals surface area (Å²) in [5.74, 6) is -1.05. The van der Waals surface area contributed by atoms with E-state index in [9.17, 15) is 14.9 Å². The predicted octanol–water partition coefficient (Wildman–Crippen LogP) is 3.55. The number of carbonyl (C=O) groups excluding carboxylic acids is 1. The van der Waals surface area contributed by atoms with Gasteiger partial charge in [0.15, 0.2) is 5.76 Å². The largest absolute Gasteiger partial charge is 0.433 e. The summed E-state index contributed by atoms with van der Waals surface area (Å²) in [6.45, 7) is 2.16. The molecule has 24 heavy (non-hydrogen) atoms. The van der Waals surface area contributed by atoms with E-state index in [1.165, 1.54) is 17.4 Å². The SMILES string of the molecule is Cc1nc(-c2ccccc2)sc1CNC(=O)c1ccc([N+](=O)[O-])o1. The maximum Gasteiger partial charge on any atom is 0.433 e. The molecular weight excluding hydrogens is 330 g/mol. The summed E-state index contributed by atoms with van der Waals surface area (Å²) in [6.07, 6.45) is 0. The van der Waals surface area contributed by atoms with Crippen molar-refractivity contribution in [2.75, 3.05) is 0 Å². The third-order valence-corrected chi connectivity index (χ3v) is 4.52. The standard InChI is InChI=1S/C16H13N3O4S/c1-10-13(24-16(18-10)11-5-3-2-4-6-11)9-17-15(20)12-7-8-14(23-12)19(21)22/h2-8H,9H2,1H3,(H,17,20). The van der Waals surface area contributed by atoms with E-state index in [2.05, 4.69) is 10.3 Å². The molecule has 7 nitrogen and oxygen atoms in total. The molecule has 0 aliphatic heterocycles. The lowest BCUT2D eigenvalue weighted by Gasteiger charge is -2.01. The first-order valence-electron chi connectivity index (χ1n) is 7.09. The number of nitrogens with zero attached hydrogens (tertiary/aromatic N) is 2. The van der Waals surface area contributed by atoms with Crippen LogP contribution in [0.1, 0.15) is 21.1 Å². The van der Waals surface area contributed by atoms with Gasteiger partial charge in [-0.2, -0.15) is 0 Å². The van der Waals surface area contributed by atoms with Gasteiger partial charge < -0.3 is 9.73 Å². The number of rotatable bonds is 5. The van der Waals surface area contributed by atoms with Crippen LogP contribution in [0.2, 0.25) is 0 Å². The van der Waals surface area contributed by atoms with Gasteiger partial charge in [-0.25, -0.2) is 4.98 Å². The summed E-state index contributed by atoms with van der Waals surface area (Å²) in [7, 11) is 0. The molecule has 1 aromatic carbocycles. The summed E-state index contributed by atoms with van der Waals surface area (Å²) < 4.78 is 4.88. The molecule has 2 heterocycles. The van der Waals surface area contributed by atoms with E-state index in [-0.39, 0.29) is 12.3 Å². The zero-order chi connectivity index (χ0) is 17.1. The summed E-state index contributed by atoms with van der Waals surface area (Å²) >= 11 is 1.50. The molecule has 0 bridgehead atoms. The summed E-state index contributed by atoms with van der Waals surface area (Å²) in [4.78, 5) is 27.3. The van der Waals surface area contributed by atoms with E-state index in [1.54, 1.807) is 0 Å². The molecule has 122 valence electrons. The Bertz CT molecular complexity index is 886. The van der Waals surface area contributed by atoms with Crippen LogP contribution in [0.5, 0.6) is 0 Å². The molecule has 0 radical (unpaired) electrons. The first-order valence-corrected chi connectivity index (χ1v) is 7.90. The Labute approximate surface area is 141 Å². The number of benzene rings is 1. The van der Waals surface area contributed by atoms with Crippen LogP contribution >= 0.6 is 11.3 Å². The monoisotopic (exact) mass is 343 g/mol. The van der Waals surface area contributed by atoms with Crippen LogP contribution in [0.15, 0.2) is 46.9 Å². The zero-order valence-corrected chi connectivity index (χ0v) is 13.5. The van der Waals surface area contributed by atoms with E-state index in [0.29, 0.717) is 0 Å². The van der Waals surface area contributed by atoms with Crippen molar-refractivity contribution < 1.29 is 14.1 Å². The van der Waals surface area contributed by atoms with Crippen LogP contribution in [0.3, 0.4) is 0 Å². The van der Waals surface area contributed by atoms with Gasteiger partial charge in [-0.15, -0.1) is 11.3 Å². The minimum atomic E-state index is -0.684. The lowest BCUT2D eigenvalue weighted by atomic mass is 10.2. The number of amides is 1. The number of carbonyl (C=O) groups is 1. The molecular formula is C16H13N3O4S. The first kappa shape index (κ1) is 15.9. The average molecular weight is 343 g/mol. The quantitative estimate of drug-likeness (QED) is 0.564. The van der Waals surface area contributed by atoms with E-state index in [1.807, 2.05) is 37.3 Å². The highest BCUT2D eigenvalue weighted by molar-refractivity contribution is 7.15. The third-order valence-electron chi connectivity index (χ3n) is 3.32. The molecule has 0 aliphatic carbocycles. The summed E-state index contributed by atoms with van der Waals surface area (Å²) in [6, 6.07) is 12.2. The Morgan fingerprint density at radius 1 is 1.29 bits per heavy atom.